The van der Waals surface area contributed by atoms with Crippen molar-refractivity contribution in [2.24, 2.45) is 5.84 Å². The smallest absolute Gasteiger partial charge is 0.191 e. The summed E-state index contributed by atoms with van der Waals surface area (Å²) in [6, 6.07) is 0. The van der Waals surface area contributed by atoms with E-state index in [4.69, 9.17) is 20.4 Å². The fourth-order valence-electron chi connectivity index (χ4n) is 1.46. The highest BCUT2D eigenvalue weighted by atomic mass is 16.7. The van der Waals surface area contributed by atoms with Crippen LogP contribution in [-0.4, -0.2) is 61.0 Å². The summed E-state index contributed by atoms with van der Waals surface area (Å²) in [7, 11) is 0. The third kappa shape index (κ3) is 9.08. The van der Waals surface area contributed by atoms with E-state index in [2.05, 4.69) is 5.43 Å². The maximum absolute atomic E-state index is 10.5. The van der Waals surface area contributed by atoms with Crippen LogP contribution in [0.1, 0.15) is 25.7 Å². The van der Waals surface area contributed by atoms with Gasteiger partial charge in [0, 0.05) is 13.2 Å². The van der Waals surface area contributed by atoms with E-state index in [0.29, 0.717) is 6.29 Å². The van der Waals surface area contributed by atoms with E-state index >= 15 is 0 Å². The Morgan fingerprint density at radius 2 is 1.85 bits per heavy atom. The molecule has 0 aliphatic carbocycles. The minimum atomic E-state index is -1.49. The summed E-state index contributed by atoms with van der Waals surface area (Å²) in [6.07, 6.45) is 0.332. The third-order valence-electron chi connectivity index (χ3n) is 2.56. The minimum Gasteiger partial charge on any atom is -0.393 e. The van der Waals surface area contributed by atoms with Crippen molar-refractivity contribution in [3.05, 3.63) is 0 Å². The quantitative estimate of drug-likeness (QED) is 0.0999. The van der Waals surface area contributed by atoms with Crippen molar-refractivity contribution < 1.29 is 29.3 Å². The maximum Gasteiger partial charge on any atom is 0.191 e. The molecule has 0 aliphatic rings. The normalized spacial score (nSPS) is 15.6. The van der Waals surface area contributed by atoms with Crippen molar-refractivity contribution in [1.29, 1.82) is 0 Å². The molecule has 0 heterocycles. The number of carbonyl (C=O) groups excluding carboxylic acids is 2. The molecule has 3 unspecified atom stereocenters. The molecule has 0 aromatic carbocycles. The number of unbranched alkanes of at least 4 members (excludes halogenated alkanes) is 3. The highest BCUT2D eigenvalue weighted by molar-refractivity contribution is 5.57. The molecule has 118 valence electrons. The summed E-state index contributed by atoms with van der Waals surface area (Å²) in [5, 5.41) is 18.2. The second-order valence-electron chi connectivity index (χ2n) is 4.23. The maximum atomic E-state index is 10.5. The van der Waals surface area contributed by atoms with Crippen LogP contribution in [0, 0.1) is 0 Å². The number of rotatable bonds is 14. The largest absolute Gasteiger partial charge is 0.393 e. The molecular formula is C12H24N2O6. The summed E-state index contributed by atoms with van der Waals surface area (Å²) in [6.45, 7) is 0.484. The highest BCUT2D eigenvalue weighted by Gasteiger charge is 2.23. The van der Waals surface area contributed by atoms with Gasteiger partial charge in [0.25, 0.3) is 0 Å². The first-order valence-corrected chi connectivity index (χ1v) is 6.59. The molecule has 8 nitrogen and oxygen atoms in total. The predicted molar refractivity (Wildman–Crippen MR) is 70.5 cm³/mol. The van der Waals surface area contributed by atoms with Crippen LogP contribution in [-0.2, 0) is 19.1 Å². The summed E-state index contributed by atoms with van der Waals surface area (Å²) >= 11 is 0. The van der Waals surface area contributed by atoms with Crippen LogP contribution < -0.4 is 11.3 Å². The number of ether oxygens (including phenoxy) is 2. The molecule has 0 saturated heterocycles. The Hall–Kier alpha value is -0.900. The van der Waals surface area contributed by atoms with Crippen molar-refractivity contribution >= 4 is 12.6 Å². The Kier molecular flexibility index (Phi) is 12.5. The zero-order valence-corrected chi connectivity index (χ0v) is 11.4. The van der Waals surface area contributed by atoms with Gasteiger partial charge in [-0.05, 0) is 12.8 Å². The molecule has 0 radical (unpaired) electrons. The second-order valence-corrected chi connectivity index (χ2v) is 4.23. The molecule has 0 amide bonds. The van der Waals surface area contributed by atoms with Crippen LogP contribution in [0.3, 0.4) is 0 Å². The summed E-state index contributed by atoms with van der Waals surface area (Å²) in [5.41, 5.74) is 2.55. The first-order chi connectivity index (χ1) is 9.69. The van der Waals surface area contributed by atoms with Gasteiger partial charge >= 0.3 is 0 Å². The van der Waals surface area contributed by atoms with Gasteiger partial charge in [0.2, 0.25) is 0 Å². The number of hydrogen-bond donors (Lipinski definition) is 4. The molecule has 0 bridgehead atoms. The minimum absolute atomic E-state index is 0.261. The zero-order chi connectivity index (χ0) is 15.2. The lowest BCUT2D eigenvalue weighted by Crippen LogP contribution is -2.38. The lowest BCUT2D eigenvalue weighted by Gasteiger charge is -2.22. The molecule has 0 spiro atoms. The van der Waals surface area contributed by atoms with Crippen LogP contribution in [0.5, 0.6) is 0 Å². The second kappa shape index (κ2) is 13.1. The number of hydrazine groups is 1. The number of nitrogens with two attached hydrogens (primary N) is 1. The van der Waals surface area contributed by atoms with Gasteiger partial charge in [0.1, 0.15) is 6.10 Å². The summed E-state index contributed by atoms with van der Waals surface area (Å²) in [4.78, 5) is 21.1. The van der Waals surface area contributed by atoms with Crippen molar-refractivity contribution in [3.8, 4) is 0 Å². The van der Waals surface area contributed by atoms with Crippen LogP contribution >= 0.6 is 0 Å². The van der Waals surface area contributed by atoms with E-state index in [9.17, 15) is 14.7 Å². The molecule has 5 N–H and O–H groups in total. The fourth-order valence-corrected chi connectivity index (χ4v) is 1.46. The number of nitrogens with one attached hydrogen (secondary N) is 1. The van der Waals surface area contributed by atoms with E-state index in [1.54, 1.807) is 0 Å². The Morgan fingerprint density at radius 1 is 1.15 bits per heavy atom. The first-order valence-electron chi connectivity index (χ1n) is 6.59. The molecule has 3 atom stereocenters. The Balaban J connectivity index is 3.92. The average Bonchev–Trinajstić information content (AvgIpc) is 2.48. The van der Waals surface area contributed by atoms with Gasteiger partial charge in [-0.3, -0.25) is 11.3 Å². The lowest BCUT2D eigenvalue weighted by atomic mass is 10.2. The third-order valence-corrected chi connectivity index (χ3v) is 2.56. The van der Waals surface area contributed by atoms with E-state index in [0.717, 1.165) is 32.2 Å². The van der Waals surface area contributed by atoms with Crippen molar-refractivity contribution in [1.82, 2.24) is 5.43 Å². The van der Waals surface area contributed by atoms with Gasteiger partial charge < -0.3 is 29.3 Å². The van der Waals surface area contributed by atoms with Crippen LogP contribution in [0.25, 0.3) is 0 Å². The monoisotopic (exact) mass is 292 g/mol. The molecule has 0 saturated carbocycles. The van der Waals surface area contributed by atoms with Crippen molar-refractivity contribution in [3.63, 3.8) is 0 Å². The first kappa shape index (κ1) is 19.1. The average molecular weight is 292 g/mol. The molecule has 20 heavy (non-hydrogen) atoms. The Labute approximate surface area is 118 Å². The molecule has 0 fully saturated rings. The van der Waals surface area contributed by atoms with E-state index in [1.165, 1.54) is 0 Å². The van der Waals surface area contributed by atoms with Gasteiger partial charge in [-0.1, -0.05) is 12.8 Å². The fraction of sp³-hybridized carbons (Fsp3) is 0.833. The molecule has 8 heteroatoms. The van der Waals surface area contributed by atoms with E-state index < -0.39 is 25.1 Å². The van der Waals surface area contributed by atoms with E-state index in [-0.39, 0.29) is 12.9 Å². The topological polar surface area (TPSA) is 131 Å². The van der Waals surface area contributed by atoms with Crippen molar-refractivity contribution in [2.75, 3.05) is 19.8 Å². The number of hydrogen-bond acceptors (Lipinski definition) is 8. The summed E-state index contributed by atoms with van der Waals surface area (Å²) in [5.74, 6) is 5.13. The Bertz CT molecular complexity index is 254. The summed E-state index contributed by atoms with van der Waals surface area (Å²) < 4.78 is 10.2. The van der Waals surface area contributed by atoms with Crippen molar-refractivity contribution in [2.45, 2.75) is 44.2 Å². The predicted octanol–water partition coefficient (Wildman–Crippen LogP) is -1.51. The lowest BCUT2D eigenvalue weighted by molar-refractivity contribution is -0.211. The molecular weight excluding hydrogens is 268 g/mol. The van der Waals surface area contributed by atoms with Gasteiger partial charge in [-0.2, -0.15) is 0 Å². The van der Waals surface area contributed by atoms with Gasteiger partial charge in [-0.15, -0.1) is 0 Å². The molecule has 0 aromatic rings. The van der Waals surface area contributed by atoms with Gasteiger partial charge in [-0.25, -0.2) is 0 Å². The van der Waals surface area contributed by atoms with Gasteiger partial charge in [0.15, 0.2) is 25.0 Å². The number of aliphatic hydroxyl groups excluding tert-OH is 2. The zero-order valence-electron chi connectivity index (χ0n) is 11.4. The standard InChI is InChI=1S/C12H24N2O6/c13-14-5-3-1-2-4-6-19-12(11(18)9-17)20-10(7-15)8-16/h7,9-12,14,16,18H,1-6,8,13H2. The van der Waals surface area contributed by atoms with Crippen LogP contribution in [0.2, 0.25) is 0 Å². The number of aliphatic hydroxyl groups is 2. The highest BCUT2D eigenvalue weighted by Crippen LogP contribution is 2.07. The number of carbonyl (C=O) groups is 2. The van der Waals surface area contributed by atoms with E-state index in [1.807, 2.05) is 0 Å². The molecule has 0 aromatic heterocycles. The van der Waals surface area contributed by atoms with Crippen LogP contribution in [0.4, 0.5) is 0 Å². The van der Waals surface area contributed by atoms with Crippen LogP contribution in [0.15, 0.2) is 0 Å². The molecule has 0 rings (SSSR count). The van der Waals surface area contributed by atoms with Gasteiger partial charge in [0.05, 0.1) is 6.61 Å². The molecule has 0 aliphatic heterocycles. The number of aldehydes is 2. The Morgan fingerprint density at radius 3 is 2.40 bits per heavy atom. The SMILES string of the molecule is NNCCCCCCOC(OC(C=O)CO)C(O)C=O.